The van der Waals surface area contributed by atoms with Gasteiger partial charge >= 0.3 is 0 Å². The molecule has 0 unspecified atom stereocenters. The lowest BCUT2D eigenvalue weighted by atomic mass is 9.61. The number of hydrogen-bond acceptors (Lipinski definition) is 6. The van der Waals surface area contributed by atoms with Gasteiger partial charge in [-0.2, -0.15) is 0 Å². The summed E-state index contributed by atoms with van der Waals surface area (Å²) in [5, 5.41) is 26.7. The van der Waals surface area contributed by atoms with Crippen molar-refractivity contribution in [2.45, 2.75) is 24.9 Å². The summed E-state index contributed by atoms with van der Waals surface area (Å²) in [7, 11) is 2.75. The second-order valence-electron chi connectivity index (χ2n) is 6.56. The highest BCUT2D eigenvalue weighted by Crippen LogP contribution is 2.46. The van der Waals surface area contributed by atoms with E-state index in [0.717, 1.165) is 0 Å². The highest BCUT2D eigenvalue weighted by molar-refractivity contribution is 6.05. The zero-order chi connectivity index (χ0) is 19.6. The third-order valence-corrected chi connectivity index (χ3v) is 4.79. The average molecular weight is 363 g/mol. The SMILES string of the molecule is CNC(=O)[C@@H]1C(=O)C[C@](C)(O)[C@H](C(=O)NC)[C@@H]1c1cccc([N+](=O)[O-])c1. The first kappa shape index (κ1) is 19.5. The van der Waals surface area contributed by atoms with Gasteiger partial charge in [0.1, 0.15) is 11.7 Å². The van der Waals surface area contributed by atoms with Crippen molar-refractivity contribution in [3.8, 4) is 0 Å². The van der Waals surface area contributed by atoms with Gasteiger partial charge in [0.15, 0.2) is 0 Å². The minimum Gasteiger partial charge on any atom is -0.389 e. The molecule has 0 aliphatic heterocycles. The fraction of sp³-hybridized carbons (Fsp3) is 0.471. The average Bonchev–Trinajstić information content (AvgIpc) is 2.59. The van der Waals surface area contributed by atoms with Crippen molar-refractivity contribution in [2.75, 3.05) is 14.1 Å². The van der Waals surface area contributed by atoms with Crippen LogP contribution >= 0.6 is 0 Å². The number of Topliss-reactive ketones (excluding diaryl/α,β-unsaturated/α-hetero) is 1. The molecule has 0 aromatic heterocycles. The summed E-state index contributed by atoms with van der Waals surface area (Å²) < 4.78 is 0. The molecule has 140 valence electrons. The molecule has 26 heavy (non-hydrogen) atoms. The number of carbonyl (C=O) groups excluding carboxylic acids is 3. The Morgan fingerprint density at radius 3 is 2.42 bits per heavy atom. The minimum atomic E-state index is -1.70. The molecule has 3 N–H and O–H groups in total. The molecule has 0 heterocycles. The Labute approximate surface area is 149 Å². The van der Waals surface area contributed by atoms with Crippen LogP contribution < -0.4 is 10.6 Å². The number of amides is 2. The van der Waals surface area contributed by atoms with Crippen molar-refractivity contribution in [2.24, 2.45) is 11.8 Å². The molecule has 0 radical (unpaired) electrons. The van der Waals surface area contributed by atoms with Crippen LogP contribution in [-0.2, 0) is 14.4 Å². The van der Waals surface area contributed by atoms with Crippen LogP contribution in [0.25, 0.3) is 0 Å². The monoisotopic (exact) mass is 363 g/mol. The second kappa shape index (κ2) is 7.20. The standard InChI is InChI=1S/C17H21N3O6/c1-17(24)8-11(21)13(15(22)18-2)12(14(17)16(23)19-3)9-5-4-6-10(7-9)20(25)26/h4-7,12-14,24H,8H2,1-3H3,(H,18,22)(H,19,23)/t12-,13-,14+,17+/m1/s1. The third-order valence-electron chi connectivity index (χ3n) is 4.79. The fourth-order valence-electron chi connectivity index (χ4n) is 3.65. The van der Waals surface area contributed by atoms with E-state index in [1.54, 1.807) is 0 Å². The van der Waals surface area contributed by atoms with Crippen molar-refractivity contribution >= 4 is 23.3 Å². The molecule has 1 aliphatic carbocycles. The van der Waals surface area contributed by atoms with E-state index in [2.05, 4.69) is 10.6 Å². The van der Waals surface area contributed by atoms with Crippen LogP contribution in [0.15, 0.2) is 24.3 Å². The number of ketones is 1. The van der Waals surface area contributed by atoms with Crippen LogP contribution in [0.3, 0.4) is 0 Å². The zero-order valence-corrected chi connectivity index (χ0v) is 14.7. The largest absolute Gasteiger partial charge is 0.389 e. The van der Waals surface area contributed by atoms with Crippen molar-refractivity contribution in [3.63, 3.8) is 0 Å². The van der Waals surface area contributed by atoms with Gasteiger partial charge in [0.2, 0.25) is 11.8 Å². The number of benzene rings is 1. The Kier molecular flexibility index (Phi) is 5.41. The second-order valence-corrected chi connectivity index (χ2v) is 6.56. The molecule has 0 spiro atoms. The Hall–Kier alpha value is -2.81. The Bertz CT molecular complexity index is 761. The molecule has 1 aliphatic rings. The van der Waals surface area contributed by atoms with Crippen LogP contribution in [0.4, 0.5) is 5.69 Å². The quantitative estimate of drug-likeness (QED) is 0.395. The lowest BCUT2D eigenvalue weighted by Crippen LogP contribution is -2.57. The number of nitro benzene ring substituents is 1. The van der Waals surface area contributed by atoms with Gasteiger partial charge in [-0.15, -0.1) is 0 Å². The molecule has 1 aromatic carbocycles. The first-order chi connectivity index (χ1) is 12.1. The van der Waals surface area contributed by atoms with E-state index in [9.17, 15) is 29.6 Å². The zero-order valence-electron chi connectivity index (χ0n) is 14.7. The summed E-state index contributed by atoms with van der Waals surface area (Å²) in [5.41, 5.74) is -1.65. The number of nitrogens with one attached hydrogen (secondary N) is 2. The predicted octanol–water partition coefficient (Wildman–Crippen LogP) is 0.127. The lowest BCUT2D eigenvalue weighted by molar-refractivity contribution is -0.385. The molecule has 4 atom stereocenters. The Morgan fingerprint density at radius 1 is 1.27 bits per heavy atom. The molecule has 2 rings (SSSR count). The topological polar surface area (TPSA) is 139 Å². The molecule has 1 fully saturated rings. The van der Waals surface area contributed by atoms with E-state index >= 15 is 0 Å². The molecule has 9 nitrogen and oxygen atoms in total. The van der Waals surface area contributed by atoms with Gasteiger partial charge in [-0.25, -0.2) is 0 Å². The molecule has 0 bridgehead atoms. The van der Waals surface area contributed by atoms with Gasteiger partial charge < -0.3 is 15.7 Å². The van der Waals surface area contributed by atoms with Crippen molar-refractivity contribution in [3.05, 3.63) is 39.9 Å². The first-order valence-corrected chi connectivity index (χ1v) is 8.06. The molecular weight excluding hydrogens is 342 g/mol. The van der Waals surface area contributed by atoms with E-state index in [-0.39, 0.29) is 17.7 Å². The summed E-state index contributed by atoms with van der Waals surface area (Å²) in [6.45, 7) is 1.36. The molecule has 9 heteroatoms. The van der Waals surface area contributed by atoms with E-state index in [1.165, 1.54) is 45.3 Å². The van der Waals surface area contributed by atoms with Crippen molar-refractivity contribution in [1.82, 2.24) is 10.6 Å². The van der Waals surface area contributed by atoms with Crippen molar-refractivity contribution in [1.29, 1.82) is 0 Å². The van der Waals surface area contributed by atoms with Gasteiger partial charge in [0, 0.05) is 38.6 Å². The van der Waals surface area contributed by atoms with E-state index in [4.69, 9.17) is 0 Å². The van der Waals surface area contributed by atoms with Crippen LogP contribution in [0.5, 0.6) is 0 Å². The maximum absolute atomic E-state index is 12.6. The number of nitro groups is 1. The third kappa shape index (κ3) is 3.43. The molecular formula is C17H21N3O6. The summed E-state index contributed by atoms with van der Waals surface area (Å²) in [6, 6.07) is 5.43. The van der Waals surface area contributed by atoms with E-state index in [0.29, 0.717) is 0 Å². The van der Waals surface area contributed by atoms with Crippen LogP contribution in [0, 0.1) is 22.0 Å². The van der Waals surface area contributed by atoms with Crippen LogP contribution in [0.1, 0.15) is 24.8 Å². The van der Waals surface area contributed by atoms with Gasteiger partial charge in [-0.1, -0.05) is 12.1 Å². The summed E-state index contributed by atoms with van der Waals surface area (Å²) >= 11 is 0. The van der Waals surface area contributed by atoms with Gasteiger partial charge in [-0.3, -0.25) is 24.5 Å². The molecule has 2 amide bonds. The van der Waals surface area contributed by atoms with Crippen LogP contribution in [-0.4, -0.2) is 47.3 Å². The number of nitrogens with zero attached hydrogens (tertiary/aromatic N) is 1. The number of non-ortho nitro benzene ring substituents is 1. The van der Waals surface area contributed by atoms with Crippen molar-refractivity contribution < 1.29 is 24.4 Å². The molecule has 1 saturated carbocycles. The normalized spacial score (nSPS) is 28.3. The van der Waals surface area contributed by atoms with E-state index in [1.807, 2.05) is 0 Å². The maximum atomic E-state index is 12.6. The Balaban J connectivity index is 2.69. The summed E-state index contributed by atoms with van der Waals surface area (Å²) in [6.07, 6.45) is -0.366. The molecule has 0 saturated heterocycles. The highest BCUT2D eigenvalue weighted by Gasteiger charge is 2.55. The number of carbonyl (C=O) groups is 3. The van der Waals surface area contributed by atoms with Gasteiger partial charge in [0.25, 0.3) is 5.69 Å². The summed E-state index contributed by atoms with van der Waals surface area (Å²) in [4.78, 5) is 48.0. The highest BCUT2D eigenvalue weighted by atomic mass is 16.6. The molecule has 1 aromatic rings. The number of hydrogen-bond donors (Lipinski definition) is 3. The Morgan fingerprint density at radius 2 is 1.88 bits per heavy atom. The smallest absolute Gasteiger partial charge is 0.269 e. The summed E-state index contributed by atoms with van der Waals surface area (Å²) in [5.74, 6) is -5.07. The van der Waals surface area contributed by atoms with Gasteiger partial charge in [0.05, 0.1) is 16.4 Å². The lowest BCUT2D eigenvalue weighted by Gasteiger charge is -2.44. The predicted molar refractivity (Wildman–Crippen MR) is 91.2 cm³/mol. The fourth-order valence-corrected chi connectivity index (χ4v) is 3.65. The first-order valence-electron chi connectivity index (χ1n) is 8.06. The maximum Gasteiger partial charge on any atom is 0.269 e. The van der Waals surface area contributed by atoms with Gasteiger partial charge in [-0.05, 0) is 12.5 Å². The minimum absolute atomic E-state index is 0.230. The number of rotatable bonds is 4. The number of aliphatic hydroxyl groups is 1. The van der Waals surface area contributed by atoms with Crippen LogP contribution in [0.2, 0.25) is 0 Å². The van der Waals surface area contributed by atoms with E-state index < -0.39 is 45.9 Å².